The number of carbonyl (C=O) groups excluding carboxylic acids is 4. The summed E-state index contributed by atoms with van der Waals surface area (Å²) < 4.78 is 103. The van der Waals surface area contributed by atoms with Gasteiger partial charge in [0.25, 0.3) is 23.4 Å². The van der Waals surface area contributed by atoms with Gasteiger partial charge < -0.3 is 16.4 Å². The second kappa shape index (κ2) is 16.1. The van der Waals surface area contributed by atoms with Gasteiger partial charge in [-0.25, -0.2) is 4.39 Å². The SMILES string of the molecule is Nc1cccc(C(=O)Nc2c(Cl)cc(C(=O)C(F)(F)F)cc2Cl)c1F.O=C(Nc1c(Cl)cc(C(=O)C(F)(F)F)cc1Cl)c1cccc([N+](=O)[O-])c1F. The minimum atomic E-state index is -5.16. The van der Waals surface area contributed by atoms with E-state index < -0.39 is 106 Å². The van der Waals surface area contributed by atoms with Gasteiger partial charge in [0.15, 0.2) is 5.82 Å². The van der Waals surface area contributed by atoms with Gasteiger partial charge in [-0.15, -0.1) is 0 Å². The Morgan fingerprint density at radius 3 is 1.33 bits per heavy atom. The smallest absolute Gasteiger partial charge is 0.396 e. The van der Waals surface area contributed by atoms with Gasteiger partial charge in [0.2, 0.25) is 5.82 Å². The molecule has 0 aliphatic carbocycles. The Kier molecular flexibility index (Phi) is 12.8. The number of nitrogens with two attached hydrogens (primary N) is 1. The number of hydrogen-bond acceptors (Lipinski definition) is 7. The van der Waals surface area contributed by atoms with Gasteiger partial charge in [0, 0.05) is 17.2 Å². The molecule has 0 unspecified atom stereocenters. The van der Waals surface area contributed by atoms with Crippen molar-refractivity contribution in [3.63, 3.8) is 0 Å². The van der Waals surface area contributed by atoms with E-state index in [4.69, 9.17) is 52.1 Å². The molecular weight excluding hydrogens is 806 g/mol. The molecule has 4 rings (SSSR count). The lowest BCUT2D eigenvalue weighted by Crippen LogP contribution is -2.23. The van der Waals surface area contributed by atoms with E-state index in [0.717, 1.165) is 24.3 Å². The van der Waals surface area contributed by atoms with Crippen molar-refractivity contribution in [1.82, 2.24) is 0 Å². The van der Waals surface area contributed by atoms with Crippen molar-refractivity contribution in [3.05, 3.63) is 125 Å². The fraction of sp³-hybridized carbons (Fsp3) is 0.0667. The molecule has 2 amide bonds. The maximum absolute atomic E-state index is 14.0. The number of nitro benzene ring substituents is 1. The van der Waals surface area contributed by atoms with Gasteiger partial charge in [0.05, 0.1) is 53.2 Å². The molecule has 0 heterocycles. The van der Waals surface area contributed by atoms with Crippen molar-refractivity contribution in [2.24, 2.45) is 0 Å². The summed E-state index contributed by atoms with van der Waals surface area (Å²) in [5.74, 6) is -8.89. The Morgan fingerprint density at radius 2 is 0.981 bits per heavy atom. The zero-order valence-electron chi connectivity index (χ0n) is 24.8. The molecule has 274 valence electrons. The molecule has 0 aromatic heterocycles. The van der Waals surface area contributed by atoms with Crippen molar-refractivity contribution < 1.29 is 59.2 Å². The lowest BCUT2D eigenvalue weighted by atomic mass is 10.1. The number of nitro groups is 1. The maximum atomic E-state index is 14.0. The molecule has 0 bridgehead atoms. The van der Waals surface area contributed by atoms with Crippen molar-refractivity contribution in [2.75, 3.05) is 16.4 Å². The molecule has 0 saturated heterocycles. The van der Waals surface area contributed by atoms with Crippen molar-refractivity contribution in [3.8, 4) is 0 Å². The molecule has 52 heavy (non-hydrogen) atoms. The van der Waals surface area contributed by atoms with E-state index in [2.05, 4.69) is 5.32 Å². The number of nitrogens with zero attached hydrogens (tertiary/aromatic N) is 1. The molecule has 0 spiro atoms. The van der Waals surface area contributed by atoms with E-state index in [1.807, 2.05) is 5.32 Å². The summed E-state index contributed by atoms with van der Waals surface area (Å²) in [6.45, 7) is 0. The maximum Gasteiger partial charge on any atom is 0.454 e. The number of benzene rings is 4. The van der Waals surface area contributed by atoms with E-state index in [1.54, 1.807) is 0 Å². The topological polar surface area (TPSA) is 162 Å². The highest BCUT2D eigenvalue weighted by molar-refractivity contribution is 6.41. The monoisotopic (exact) mass is 818 g/mol. The Morgan fingerprint density at radius 1 is 0.635 bits per heavy atom. The predicted octanol–water partition coefficient (Wildman–Crippen LogP) is 9.75. The summed E-state index contributed by atoms with van der Waals surface area (Å²) >= 11 is 23.1. The van der Waals surface area contributed by atoms with Crippen LogP contribution in [0.3, 0.4) is 0 Å². The van der Waals surface area contributed by atoms with E-state index in [1.165, 1.54) is 12.1 Å². The van der Waals surface area contributed by atoms with Crippen LogP contribution in [0.5, 0.6) is 0 Å². The Balaban J connectivity index is 0.000000281. The lowest BCUT2D eigenvalue weighted by Gasteiger charge is -2.13. The number of ketones is 2. The van der Waals surface area contributed by atoms with Crippen LogP contribution in [-0.2, 0) is 0 Å². The molecule has 0 radical (unpaired) electrons. The number of halogens is 12. The largest absolute Gasteiger partial charge is 0.454 e. The van der Waals surface area contributed by atoms with Gasteiger partial charge in [-0.2, -0.15) is 30.7 Å². The molecular formula is C30H14Cl4F8N4O6. The molecule has 0 saturated carbocycles. The second-order valence-corrected chi connectivity index (χ2v) is 11.4. The molecule has 0 fully saturated rings. The minimum Gasteiger partial charge on any atom is -0.396 e. The van der Waals surface area contributed by atoms with Gasteiger partial charge in [0.1, 0.15) is 0 Å². The third kappa shape index (κ3) is 9.64. The molecule has 0 atom stereocenters. The van der Waals surface area contributed by atoms with Crippen molar-refractivity contribution in [2.45, 2.75) is 12.4 Å². The summed E-state index contributed by atoms with van der Waals surface area (Å²) in [7, 11) is 0. The normalized spacial score (nSPS) is 11.2. The van der Waals surface area contributed by atoms with E-state index in [0.29, 0.717) is 24.3 Å². The first-order chi connectivity index (χ1) is 23.9. The second-order valence-electron chi connectivity index (χ2n) is 9.80. The van der Waals surface area contributed by atoms with E-state index in [9.17, 15) is 64.4 Å². The van der Waals surface area contributed by atoms with Crippen LogP contribution in [0.15, 0.2) is 60.7 Å². The first-order valence-electron chi connectivity index (χ1n) is 13.3. The summed E-state index contributed by atoms with van der Waals surface area (Å²) in [6, 6.07) is 9.22. The van der Waals surface area contributed by atoms with Crippen LogP contribution in [0, 0.1) is 21.7 Å². The zero-order chi connectivity index (χ0) is 39.5. The van der Waals surface area contributed by atoms with Crippen molar-refractivity contribution in [1.29, 1.82) is 0 Å². The number of alkyl halides is 6. The number of rotatable bonds is 7. The molecule has 10 nitrogen and oxygen atoms in total. The van der Waals surface area contributed by atoms with Crippen LogP contribution in [-0.4, -0.2) is 40.7 Å². The predicted molar refractivity (Wildman–Crippen MR) is 173 cm³/mol. The summed E-state index contributed by atoms with van der Waals surface area (Å²) in [5, 5.41) is 13.1. The number of anilines is 3. The molecule has 0 aliphatic rings. The Hall–Kier alpha value is -5.04. The molecule has 22 heteroatoms. The van der Waals surface area contributed by atoms with Crippen molar-refractivity contribution >= 4 is 92.5 Å². The van der Waals surface area contributed by atoms with Crippen LogP contribution in [0.4, 0.5) is 57.9 Å². The highest BCUT2D eigenvalue weighted by Gasteiger charge is 2.40. The minimum absolute atomic E-state index is 0.268. The zero-order valence-corrected chi connectivity index (χ0v) is 27.8. The Bertz CT molecular complexity index is 2080. The molecule has 4 N–H and O–H groups in total. The van der Waals surface area contributed by atoms with Crippen LogP contribution in [0.25, 0.3) is 0 Å². The standard InChI is InChI=1S/C15H6Cl2F4N2O4.C15H8Cl2F4N2O2/c16-8-4-6(13(24)15(19,20)21)5-9(17)12(8)22-14(25)7-2-1-3-10(11(7)18)23(26)27;16-8-4-6(13(24)15(19,20)21)5-9(17)12(8)23-14(25)7-2-1-3-10(22)11(7)18/h1-5H,(H,22,25);1-5H,22H2,(H,23,25). The van der Waals surface area contributed by atoms with Crippen LogP contribution >= 0.6 is 46.4 Å². The van der Waals surface area contributed by atoms with Crippen LogP contribution in [0.2, 0.25) is 20.1 Å². The number of carbonyl (C=O) groups is 4. The summed E-state index contributed by atoms with van der Waals surface area (Å²) in [5.41, 5.74) is 0.679. The number of amides is 2. The molecule has 4 aromatic carbocycles. The Labute approximate surface area is 304 Å². The summed E-state index contributed by atoms with van der Waals surface area (Å²) in [6.07, 6.45) is -10.3. The number of Topliss-reactive ketones (excluding diaryl/α,β-unsaturated/α-hetero) is 2. The average Bonchev–Trinajstić information content (AvgIpc) is 3.04. The lowest BCUT2D eigenvalue weighted by molar-refractivity contribution is -0.387. The number of nitrogen functional groups attached to an aromatic ring is 1. The average molecular weight is 820 g/mol. The highest BCUT2D eigenvalue weighted by atomic mass is 35.5. The van der Waals surface area contributed by atoms with Gasteiger partial charge in [-0.1, -0.05) is 58.5 Å². The third-order valence-electron chi connectivity index (χ3n) is 6.29. The van der Waals surface area contributed by atoms with Gasteiger partial charge in [-0.05, 0) is 42.5 Å². The molecule has 0 aliphatic heterocycles. The first-order valence-corrected chi connectivity index (χ1v) is 14.8. The van der Waals surface area contributed by atoms with Crippen LogP contribution in [0.1, 0.15) is 41.4 Å². The fourth-order valence-corrected chi connectivity index (χ4v) is 5.06. The van der Waals surface area contributed by atoms with Gasteiger partial charge in [-0.3, -0.25) is 29.3 Å². The van der Waals surface area contributed by atoms with E-state index >= 15 is 0 Å². The van der Waals surface area contributed by atoms with E-state index in [-0.39, 0.29) is 11.4 Å². The van der Waals surface area contributed by atoms with Crippen LogP contribution < -0.4 is 16.4 Å². The first kappa shape index (κ1) is 41.4. The molecule has 4 aromatic rings. The highest BCUT2D eigenvalue weighted by Crippen LogP contribution is 2.36. The summed E-state index contributed by atoms with van der Waals surface area (Å²) in [4.78, 5) is 56.4. The number of nitrogens with one attached hydrogen (secondary N) is 2. The quantitative estimate of drug-likeness (QED) is 0.0550. The number of hydrogen-bond donors (Lipinski definition) is 3. The van der Waals surface area contributed by atoms with Gasteiger partial charge >= 0.3 is 18.0 Å². The third-order valence-corrected chi connectivity index (χ3v) is 7.49. The fourth-order valence-electron chi connectivity index (χ4n) is 3.90.